The molecule has 10 nitrogen and oxygen atoms in total. The van der Waals surface area contributed by atoms with E-state index in [1.54, 1.807) is 11.7 Å². The summed E-state index contributed by atoms with van der Waals surface area (Å²) in [4.78, 5) is 38.2. The Labute approximate surface area is 203 Å². The standard InChI is InChI=1S/C25H33N5O5/c1-4-8-18-22-23(30(3)28-18)25(32)27-24(26-22)17-15-16(10-12-19(17)33-5-2)11-13-20(31)29-35-21-9-6-7-14-34-21/h10,12,15,21H,4-9,11,13-14H2,1-3H3,(H,29,31)(H,26,27,32). The SMILES string of the molecule is CCCc1nn(C)c2c(=O)[nH]c(-c3cc(CCC(=O)NOC4CCCCO4)ccc3OCC)nc12. The molecule has 3 heterocycles. The molecule has 1 aliphatic heterocycles. The minimum Gasteiger partial charge on any atom is -0.493 e. The lowest BCUT2D eigenvalue weighted by Gasteiger charge is -2.22. The number of aromatic amines is 1. The normalized spacial score (nSPS) is 15.9. The van der Waals surface area contributed by atoms with Crippen LogP contribution in [0.3, 0.4) is 0 Å². The van der Waals surface area contributed by atoms with Gasteiger partial charge in [-0.3, -0.25) is 14.3 Å². The van der Waals surface area contributed by atoms with E-state index >= 15 is 0 Å². The minimum atomic E-state index is -0.382. The highest BCUT2D eigenvalue weighted by Crippen LogP contribution is 2.30. The molecule has 4 rings (SSSR count). The van der Waals surface area contributed by atoms with Crippen molar-refractivity contribution in [2.75, 3.05) is 13.2 Å². The Balaban J connectivity index is 1.55. The third-order valence-electron chi connectivity index (χ3n) is 5.93. The molecule has 1 amide bonds. The largest absolute Gasteiger partial charge is 0.493 e. The summed E-state index contributed by atoms with van der Waals surface area (Å²) in [6.07, 6.45) is 4.79. The first kappa shape index (κ1) is 24.9. The van der Waals surface area contributed by atoms with Crippen LogP contribution in [0.2, 0.25) is 0 Å². The summed E-state index contributed by atoms with van der Waals surface area (Å²) in [6.45, 7) is 5.08. The molecule has 1 aliphatic rings. The monoisotopic (exact) mass is 483 g/mol. The molecular weight excluding hydrogens is 450 g/mol. The molecule has 1 fully saturated rings. The Hall–Kier alpha value is -3.24. The van der Waals surface area contributed by atoms with Crippen LogP contribution in [0.25, 0.3) is 22.4 Å². The summed E-state index contributed by atoms with van der Waals surface area (Å²) in [7, 11) is 1.75. The highest BCUT2D eigenvalue weighted by molar-refractivity contribution is 5.80. The number of H-pyrrole nitrogens is 1. The van der Waals surface area contributed by atoms with Crippen LogP contribution in [-0.2, 0) is 34.3 Å². The number of carbonyl (C=O) groups excluding carboxylic acids is 1. The van der Waals surface area contributed by atoms with Gasteiger partial charge in [-0.1, -0.05) is 19.4 Å². The number of aryl methyl sites for hydroxylation is 3. The van der Waals surface area contributed by atoms with Gasteiger partial charge in [-0.05, 0) is 50.3 Å². The van der Waals surface area contributed by atoms with Crippen LogP contribution in [0.4, 0.5) is 0 Å². The topological polar surface area (TPSA) is 120 Å². The van der Waals surface area contributed by atoms with Gasteiger partial charge >= 0.3 is 0 Å². The van der Waals surface area contributed by atoms with Gasteiger partial charge in [0.25, 0.3) is 5.56 Å². The molecule has 0 aliphatic carbocycles. The highest BCUT2D eigenvalue weighted by Gasteiger charge is 2.19. The van der Waals surface area contributed by atoms with Gasteiger partial charge in [0.2, 0.25) is 5.91 Å². The summed E-state index contributed by atoms with van der Waals surface area (Å²) >= 11 is 0. The number of ether oxygens (including phenoxy) is 2. The summed E-state index contributed by atoms with van der Waals surface area (Å²) in [5.41, 5.74) is 5.66. The second kappa shape index (κ2) is 11.5. The van der Waals surface area contributed by atoms with Gasteiger partial charge in [0, 0.05) is 26.5 Å². The molecule has 0 spiro atoms. The van der Waals surface area contributed by atoms with Crippen molar-refractivity contribution in [3.05, 3.63) is 39.8 Å². The number of hydrogen-bond acceptors (Lipinski definition) is 7. The molecule has 35 heavy (non-hydrogen) atoms. The van der Waals surface area contributed by atoms with E-state index in [2.05, 4.69) is 22.5 Å². The Morgan fingerprint density at radius 1 is 1.29 bits per heavy atom. The first-order valence-electron chi connectivity index (χ1n) is 12.3. The van der Waals surface area contributed by atoms with Crippen molar-refractivity contribution in [2.45, 2.75) is 65.1 Å². The zero-order valence-electron chi connectivity index (χ0n) is 20.6. The molecule has 0 bridgehead atoms. The number of nitrogens with one attached hydrogen (secondary N) is 2. The van der Waals surface area contributed by atoms with Gasteiger partial charge in [-0.25, -0.2) is 15.3 Å². The number of hydroxylamine groups is 1. The van der Waals surface area contributed by atoms with E-state index in [9.17, 15) is 9.59 Å². The molecule has 1 saturated heterocycles. The molecule has 2 aromatic heterocycles. The van der Waals surface area contributed by atoms with Crippen LogP contribution >= 0.6 is 0 Å². The van der Waals surface area contributed by atoms with Crippen molar-refractivity contribution in [3.8, 4) is 17.1 Å². The fraction of sp³-hybridized carbons (Fsp3) is 0.520. The second-order valence-electron chi connectivity index (χ2n) is 8.63. The Morgan fingerprint density at radius 2 is 2.14 bits per heavy atom. The first-order chi connectivity index (χ1) is 17.0. The van der Waals surface area contributed by atoms with E-state index in [1.165, 1.54) is 0 Å². The van der Waals surface area contributed by atoms with Crippen molar-refractivity contribution < 1.29 is 19.1 Å². The fourth-order valence-corrected chi connectivity index (χ4v) is 4.22. The number of rotatable bonds is 10. The van der Waals surface area contributed by atoms with Crippen LogP contribution < -0.4 is 15.8 Å². The van der Waals surface area contributed by atoms with E-state index in [4.69, 9.17) is 19.3 Å². The predicted octanol–water partition coefficient (Wildman–Crippen LogP) is 3.18. The van der Waals surface area contributed by atoms with Gasteiger partial charge in [0.1, 0.15) is 17.1 Å². The third kappa shape index (κ3) is 5.88. The zero-order valence-corrected chi connectivity index (χ0v) is 20.6. The number of amides is 1. The van der Waals surface area contributed by atoms with Crippen LogP contribution in [0.15, 0.2) is 23.0 Å². The summed E-state index contributed by atoms with van der Waals surface area (Å²) < 4.78 is 12.9. The van der Waals surface area contributed by atoms with Crippen LogP contribution in [0.1, 0.15) is 57.2 Å². The lowest BCUT2D eigenvalue weighted by atomic mass is 10.0. The summed E-state index contributed by atoms with van der Waals surface area (Å²) in [5, 5.41) is 4.49. The van der Waals surface area contributed by atoms with Crippen LogP contribution in [-0.4, -0.2) is 45.2 Å². The van der Waals surface area contributed by atoms with Crippen LogP contribution in [0.5, 0.6) is 5.75 Å². The van der Waals surface area contributed by atoms with Crippen molar-refractivity contribution in [1.29, 1.82) is 0 Å². The number of carbonyl (C=O) groups is 1. The molecule has 3 aromatic rings. The van der Waals surface area contributed by atoms with Crippen molar-refractivity contribution in [3.63, 3.8) is 0 Å². The molecule has 188 valence electrons. The minimum absolute atomic E-state index is 0.220. The summed E-state index contributed by atoms with van der Waals surface area (Å²) in [5.74, 6) is 0.810. The van der Waals surface area contributed by atoms with E-state index in [-0.39, 0.29) is 24.2 Å². The maximum Gasteiger partial charge on any atom is 0.277 e. The lowest BCUT2D eigenvalue weighted by Crippen LogP contribution is -2.33. The Kier molecular flexibility index (Phi) is 8.14. The second-order valence-corrected chi connectivity index (χ2v) is 8.63. The van der Waals surface area contributed by atoms with Crippen molar-refractivity contribution in [2.24, 2.45) is 7.05 Å². The van der Waals surface area contributed by atoms with E-state index in [1.807, 2.05) is 25.1 Å². The van der Waals surface area contributed by atoms with E-state index in [0.717, 1.165) is 43.4 Å². The third-order valence-corrected chi connectivity index (χ3v) is 5.93. The quantitative estimate of drug-likeness (QED) is 0.425. The molecule has 1 atom stereocenters. The first-order valence-corrected chi connectivity index (χ1v) is 12.3. The molecular formula is C25H33N5O5. The van der Waals surface area contributed by atoms with Crippen LogP contribution in [0, 0.1) is 0 Å². The smallest absolute Gasteiger partial charge is 0.277 e. The van der Waals surface area contributed by atoms with Crippen molar-refractivity contribution in [1.82, 2.24) is 25.2 Å². The van der Waals surface area contributed by atoms with Crippen molar-refractivity contribution >= 4 is 16.9 Å². The molecule has 0 radical (unpaired) electrons. The number of benzene rings is 1. The van der Waals surface area contributed by atoms with Gasteiger partial charge in [0.15, 0.2) is 11.8 Å². The summed E-state index contributed by atoms with van der Waals surface area (Å²) in [6, 6.07) is 5.66. The maximum absolute atomic E-state index is 12.9. The Bertz CT molecular complexity index is 1230. The van der Waals surface area contributed by atoms with E-state index < -0.39 is 0 Å². The molecule has 1 unspecified atom stereocenters. The predicted molar refractivity (Wildman–Crippen MR) is 131 cm³/mol. The number of nitrogens with zero attached hydrogens (tertiary/aromatic N) is 3. The number of fused-ring (bicyclic) bond motifs is 1. The zero-order chi connectivity index (χ0) is 24.8. The number of aromatic nitrogens is 4. The number of hydrogen-bond donors (Lipinski definition) is 2. The average molecular weight is 484 g/mol. The Morgan fingerprint density at radius 3 is 2.89 bits per heavy atom. The average Bonchev–Trinajstić information content (AvgIpc) is 3.18. The molecule has 1 aromatic carbocycles. The highest BCUT2D eigenvalue weighted by atomic mass is 16.8. The van der Waals surface area contributed by atoms with Gasteiger partial charge in [-0.2, -0.15) is 5.10 Å². The van der Waals surface area contributed by atoms with E-state index in [0.29, 0.717) is 47.8 Å². The van der Waals surface area contributed by atoms with Gasteiger partial charge < -0.3 is 14.5 Å². The molecule has 2 N–H and O–H groups in total. The lowest BCUT2D eigenvalue weighted by molar-refractivity contribution is -0.200. The molecule has 10 heteroatoms. The van der Waals surface area contributed by atoms with Gasteiger partial charge in [0.05, 0.1) is 17.9 Å². The molecule has 0 saturated carbocycles. The van der Waals surface area contributed by atoms with Gasteiger partial charge in [-0.15, -0.1) is 0 Å². The fourth-order valence-electron chi connectivity index (χ4n) is 4.22. The maximum atomic E-state index is 12.9.